The largest absolute Gasteiger partial charge is 0.480 e. The van der Waals surface area contributed by atoms with E-state index in [-0.39, 0.29) is 12.8 Å². The maximum atomic E-state index is 12.6. The molecule has 4 atom stereocenters. The standard InChI is InChI=1S/C46H74NO11P/c1-3-5-6-7-8-9-10-11-12-13-14-18-21-24-27-30-33-36-44(49)55-38-42(39-56-59(53,54)57-40-43(47)46(51)52)58-45(50)37-34-31-28-25-22-19-16-15-17-20-23-26-29-32-35-41(48)4-2/h11-12,14,16-20,24-29,32,35,41-43,48H,3-10,13,15,21-23,30-31,33-34,36-40,47H2,1-2H3,(H,51,52)(H,53,54)/b12-11-,18-14-,19-16-,20-17-,27-24-,28-25-,29-26-,35-32+/t41-,42-,43+/m1/s1. The highest BCUT2D eigenvalue weighted by atomic mass is 31.2. The van der Waals surface area contributed by atoms with Gasteiger partial charge in [0.15, 0.2) is 6.10 Å². The van der Waals surface area contributed by atoms with Crippen LogP contribution in [0.2, 0.25) is 0 Å². The third-order valence-electron chi connectivity index (χ3n) is 8.47. The van der Waals surface area contributed by atoms with Crippen LogP contribution in [0.3, 0.4) is 0 Å². The molecule has 0 aliphatic heterocycles. The number of rotatable bonds is 38. The molecule has 13 heteroatoms. The summed E-state index contributed by atoms with van der Waals surface area (Å²) in [6.07, 6.45) is 47.3. The van der Waals surface area contributed by atoms with Crippen LogP contribution in [0.25, 0.3) is 0 Å². The van der Waals surface area contributed by atoms with Crippen molar-refractivity contribution in [2.45, 2.75) is 154 Å². The Hall–Kier alpha value is -3.64. The molecule has 0 fully saturated rings. The highest BCUT2D eigenvalue weighted by molar-refractivity contribution is 7.47. The van der Waals surface area contributed by atoms with E-state index in [9.17, 15) is 28.9 Å². The highest BCUT2D eigenvalue weighted by Gasteiger charge is 2.28. The molecule has 0 aromatic heterocycles. The van der Waals surface area contributed by atoms with Gasteiger partial charge in [-0.15, -0.1) is 0 Å². The zero-order chi connectivity index (χ0) is 43.7. The maximum Gasteiger partial charge on any atom is 0.472 e. The normalized spacial score (nSPS) is 15.2. The van der Waals surface area contributed by atoms with Gasteiger partial charge in [-0.05, 0) is 77.0 Å². The number of carboxylic acid groups (broad SMARTS) is 1. The van der Waals surface area contributed by atoms with E-state index in [1.54, 1.807) is 6.08 Å². The molecule has 334 valence electrons. The van der Waals surface area contributed by atoms with Crippen LogP contribution in [0.1, 0.15) is 136 Å². The molecule has 1 unspecified atom stereocenters. The number of carbonyl (C=O) groups is 3. The summed E-state index contributed by atoms with van der Waals surface area (Å²) in [5, 5.41) is 18.4. The molecule has 0 aromatic rings. The molecular formula is C46H74NO11P. The van der Waals surface area contributed by atoms with E-state index in [0.29, 0.717) is 32.1 Å². The van der Waals surface area contributed by atoms with E-state index >= 15 is 0 Å². The molecule has 0 aromatic carbocycles. The molecule has 0 heterocycles. The first-order valence-electron chi connectivity index (χ1n) is 21.4. The van der Waals surface area contributed by atoms with Crippen LogP contribution >= 0.6 is 7.82 Å². The second kappa shape index (κ2) is 39.8. The van der Waals surface area contributed by atoms with Crippen molar-refractivity contribution in [1.29, 1.82) is 0 Å². The number of carboxylic acids is 1. The zero-order valence-electron chi connectivity index (χ0n) is 35.7. The fourth-order valence-corrected chi connectivity index (χ4v) is 5.73. The SMILES string of the molecule is CCCCCCCC/C=C\C/C=C\C/C=C\CCCC(=O)OC[C@H](COP(=O)(O)OC[C@H](N)C(=O)O)OC(=O)CCC/C=C\C/C=C\C/C=C\C/C=C\C=C\[C@H](O)CC. The van der Waals surface area contributed by atoms with Gasteiger partial charge < -0.3 is 30.3 Å². The fourth-order valence-electron chi connectivity index (χ4n) is 4.95. The molecule has 5 N–H and O–H groups in total. The van der Waals surface area contributed by atoms with Crippen LogP contribution in [-0.2, 0) is 37.5 Å². The van der Waals surface area contributed by atoms with Crippen LogP contribution < -0.4 is 5.73 Å². The Morgan fingerprint density at radius 2 is 1.08 bits per heavy atom. The number of aliphatic hydroxyl groups is 1. The van der Waals surface area contributed by atoms with Gasteiger partial charge in [0.25, 0.3) is 0 Å². The summed E-state index contributed by atoms with van der Waals surface area (Å²) in [4.78, 5) is 45.9. The van der Waals surface area contributed by atoms with Gasteiger partial charge in [-0.1, -0.05) is 143 Å². The Bertz CT molecular complexity index is 1380. The summed E-state index contributed by atoms with van der Waals surface area (Å²) in [5.74, 6) is -2.56. The van der Waals surface area contributed by atoms with Crippen LogP contribution in [-0.4, -0.2) is 71.1 Å². The van der Waals surface area contributed by atoms with Crippen molar-refractivity contribution < 1.29 is 52.6 Å². The Morgan fingerprint density at radius 3 is 1.63 bits per heavy atom. The Balaban J connectivity index is 4.60. The predicted octanol–water partition coefficient (Wildman–Crippen LogP) is 10.2. The number of allylic oxidation sites excluding steroid dienone is 15. The summed E-state index contributed by atoms with van der Waals surface area (Å²) in [7, 11) is -4.76. The number of hydrogen-bond acceptors (Lipinski definition) is 10. The minimum atomic E-state index is -4.76. The number of esters is 2. The summed E-state index contributed by atoms with van der Waals surface area (Å²) in [5.41, 5.74) is 5.32. The van der Waals surface area contributed by atoms with E-state index in [1.165, 1.54) is 38.5 Å². The van der Waals surface area contributed by atoms with Gasteiger partial charge >= 0.3 is 25.7 Å². The molecule has 0 rings (SSSR count). The number of phosphoric ester groups is 1. The lowest BCUT2D eigenvalue weighted by Gasteiger charge is -2.20. The van der Waals surface area contributed by atoms with Gasteiger partial charge in [-0.2, -0.15) is 0 Å². The summed E-state index contributed by atoms with van der Waals surface area (Å²) < 4.78 is 32.5. The fraction of sp³-hybridized carbons (Fsp3) is 0.587. The Labute approximate surface area is 354 Å². The van der Waals surface area contributed by atoms with E-state index in [4.69, 9.17) is 24.8 Å². The Morgan fingerprint density at radius 1 is 0.610 bits per heavy atom. The van der Waals surface area contributed by atoms with Gasteiger partial charge in [0.1, 0.15) is 12.6 Å². The number of carbonyl (C=O) groups excluding carboxylic acids is 2. The third-order valence-corrected chi connectivity index (χ3v) is 9.42. The molecule has 0 bridgehead atoms. The molecule has 0 saturated carbocycles. The highest BCUT2D eigenvalue weighted by Crippen LogP contribution is 2.43. The van der Waals surface area contributed by atoms with Crippen LogP contribution in [0, 0.1) is 0 Å². The van der Waals surface area contributed by atoms with Crippen molar-refractivity contribution in [2.75, 3.05) is 19.8 Å². The molecule has 0 saturated heterocycles. The van der Waals surface area contributed by atoms with Gasteiger partial charge in [0.2, 0.25) is 0 Å². The van der Waals surface area contributed by atoms with Crippen LogP contribution in [0.4, 0.5) is 0 Å². The maximum absolute atomic E-state index is 12.6. The molecule has 12 nitrogen and oxygen atoms in total. The summed E-state index contributed by atoms with van der Waals surface area (Å²) in [6, 6.07) is -1.55. The van der Waals surface area contributed by atoms with Gasteiger partial charge in [-0.3, -0.25) is 23.4 Å². The molecule has 0 aliphatic carbocycles. The molecule has 0 radical (unpaired) electrons. The number of unbranched alkanes of at least 4 members (excludes halogenated alkanes) is 8. The zero-order valence-corrected chi connectivity index (χ0v) is 36.6. The van der Waals surface area contributed by atoms with Crippen molar-refractivity contribution >= 4 is 25.7 Å². The quantitative estimate of drug-likeness (QED) is 0.0151. The van der Waals surface area contributed by atoms with E-state index in [0.717, 1.165) is 38.5 Å². The minimum Gasteiger partial charge on any atom is -0.480 e. The lowest BCUT2D eigenvalue weighted by Crippen LogP contribution is -2.34. The predicted molar refractivity (Wildman–Crippen MR) is 236 cm³/mol. The first-order valence-corrected chi connectivity index (χ1v) is 22.9. The van der Waals surface area contributed by atoms with Gasteiger partial charge in [0.05, 0.1) is 19.3 Å². The Kier molecular flexibility index (Phi) is 37.3. The average molecular weight is 848 g/mol. The topological polar surface area (TPSA) is 192 Å². The summed E-state index contributed by atoms with van der Waals surface area (Å²) in [6.45, 7) is 2.33. The molecule has 59 heavy (non-hydrogen) atoms. The monoisotopic (exact) mass is 847 g/mol. The number of aliphatic hydroxyl groups excluding tert-OH is 1. The molecule has 0 amide bonds. The van der Waals surface area contributed by atoms with E-state index < -0.39 is 63.8 Å². The molecule has 0 spiro atoms. The lowest BCUT2D eigenvalue weighted by atomic mass is 10.1. The number of phosphoric acid groups is 1. The summed E-state index contributed by atoms with van der Waals surface area (Å²) >= 11 is 0. The van der Waals surface area contributed by atoms with Crippen LogP contribution in [0.5, 0.6) is 0 Å². The van der Waals surface area contributed by atoms with Crippen LogP contribution in [0.15, 0.2) is 97.2 Å². The van der Waals surface area contributed by atoms with Crippen molar-refractivity contribution in [2.24, 2.45) is 5.73 Å². The first-order chi connectivity index (χ1) is 28.5. The first kappa shape index (κ1) is 55.4. The van der Waals surface area contributed by atoms with Crippen molar-refractivity contribution in [3.05, 3.63) is 97.2 Å². The number of hydrogen-bond donors (Lipinski definition) is 4. The minimum absolute atomic E-state index is 0.0527. The average Bonchev–Trinajstić information content (AvgIpc) is 3.21. The third kappa shape index (κ3) is 39.6. The van der Waals surface area contributed by atoms with Crippen molar-refractivity contribution in [3.63, 3.8) is 0 Å². The molecular weight excluding hydrogens is 773 g/mol. The van der Waals surface area contributed by atoms with E-state index in [1.807, 2.05) is 49.5 Å². The van der Waals surface area contributed by atoms with E-state index in [2.05, 4.69) is 60.1 Å². The smallest absolute Gasteiger partial charge is 0.472 e. The van der Waals surface area contributed by atoms with Gasteiger partial charge in [-0.25, -0.2) is 4.57 Å². The number of nitrogens with two attached hydrogens (primary N) is 1. The second-order valence-corrected chi connectivity index (χ2v) is 15.4. The van der Waals surface area contributed by atoms with Crippen molar-refractivity contribution in [3.8, 4) is 0 Å². The second-order valence-electron chi connectivity index (χ2n) is 13.9. The number of aliphatic carboxylic acids is 1. The lowest BCUT2D eigenvalue weighted by molar-refractivity contribution is -0.161. The van der Waals surface area contributed by atoms with Gasteiger partial charge in [0, 0.05) is 12.8 Å². The number of ether oxygens (including phenoxy) is 2. The molecule has 0 aliphatic rings. The van der Waals surface area contributed by atoms with Crippen molar-refractivity contribution in [1.82, 2.24) is 0 Å².